The van der Waals surface area contributed by atoms with Crippen molar-refractivity contribution < 1.29 is 28.5 Å². The van der Waals surface area contributed by atoms with Crippen molar-refractivity contribution in [2.75, 3.05) is 40.3 Å². The number of nitrogens with one attached hydrogen (secondary N) is 1. The van der Waals surface area contributed by atoms with Gasteiger partial charge in [0.05, 0.1) is 46.4 Å². The van der Waals surface area contributed by atoms with Crippen LogP contribution in [0.1, 0.15) is 43.7 Å². The number of hydrogen-bond donors (Lipinski definition) is 1. The first-order valence-electron chi connectivity index (χ1n) is 11.4. The number of carbonyl (C=O) groups excluding carboxylic acids is 2. The minimum Gasteiger partial charge on any atom is -0.495 e. The van der Waals surface area contributed by atoms with E-state index in [2.05, 4.69) is 15.5 Å². The third kappa shape index (κ3) is 5.98. The lowest BCUT2D eigenvalue weighted by Gasteiger charge is -2.15. The van der Waals surface area contributed by atoms with Crippen molar-refractivity contribution in [3.63, 3.8) is 0 Å². The van der Waals surface area contributed by atoms with Gasteiger partial charge in [-0.2, -0.15) is 10.2 Å². The maximum Gasteiger partial charge on any atom is 0.224 e. The molecule has 3 rings (SSSR count). The van der Waals surface area contributed by atoms with E-state index in [1.54, 1.807) is 27.4 Å². The van der Waals surface area contributed by atoms with Gasteiger partial charge in [0.25, 0.3) is 0 Å². The molecule has 9 heteroatoms. The van der Waals surface area contributed by atoms with Gasteiger partial charge in [0.15, 0.2) is 11.5 Å². The van der Waals surface area contributed by atoms with E-state index < -0.39 is 0 Å². The van der Waals surface area contributed by atoms with Crippen LogP contribution in [0, 0.1) is 0 Å². The van der Waals surface area contributed by atoms with Crippen LogP contribution in [0.25, 0.3) is 11.3 Å². The summed E-state index contributed by atoms with van der Waals surface area (Å²) in [5, 5.41) is 11.5. The predicted octanol–water partition coefficient (Wildman–Crippen LogP) is 5.14. The molecule has 0 spiro atoms. The molecular weight excluding hydrogens is 450 g/mol. The molecule has 2 aromatic carbocycles. The molecule has 1 amide bonds. The molecule has 0 radical (unpaired) electrons. The fraction of sp³-hybridized carbons (Fsp3) is 0.385. The monoisotopic (exact) mass is 481 g/mol. The summed E-state index contributed by atoms with van der Waals surface area (Å²) >= 11 is 0. The van der Waals surface area contributed by atoms with E-state index >= 15 is 0 Å². The molecule has 0 saturated heterocycles. The highest BCUT2D eigenvalue weighted by Gasteiger charge is 2.22. The summed E-state index contributed by atoms with van der Waals surface area (Å²) in [6.45, 7) is 2.31. The number of carbonyl (C=O) groups is 2. The lowest BCUT2D eigenvalue weighted by Crippen LogP contribution is -2.14. The van der Waals surface area contributed by atoms with E-state index in [1.165, 1.54) is 7.11 Å². The van der Waals surface area contributed by atoms with Gasteiger partial charge < -0.3 is 24.3 Å². The van der Waals surface area contributed by atoms with Crippen molar-refractivity contribution in [3.05, 3.63) is 41.5 Å². The number of nitrogens with zero attached hydrogens (tertiary/aromatic N) is 2. The van der Waals surface area contributed by atoms with Crippen molar-refractivity contribution in [2.24, 2.45) is 10.2 Å². The second-order valence-electron chi connectivity index (χ2n) is 7.89. The molecule has 1 N–H and O–H groups in total. The zero-order valence-corrected chi connectivity index (χ0v) is 20.8. The lowest BCUT2D eigenvalue weighted by atomic mass is 9.99. The predicted molar refractivity (Wildman–Crippen MR) is 133 cm³/mol. The first-order valence-corrected chi connectivity index (χ1v) is 11.4. The molecule has 0 fully saturated rings. The highest BCUT2D eigenvalue weighted by Crippen LogP contribution is 2.43. The quantitative estimate of drug-likeness (QED) is 0.450. The molecular formula is C26H31N3O6. The number of Topliss-reactive ketones (excluding diaryl/α,β-unsaturated/α-hetero) is 1. The Kier molecular flexibility index (Phi) is 8.83. The minimum absolute atomic E-state index is 0.0812. The number of anilines is 1. The van der Waals surface area contributed by atoms with Gasteiger partial charge in [-0.25, -0.2) is 0 Å². The summed E-state index contributed by atoms with van der Waals surface area (Å²) in [6.07, 6.45) is 1.60. The van der Waals surface area contributed by atoms with Crippen molar-refractivity contribution in [1.82, 2.24) is 0 Å². The maximum absolute atomic E-state index is 12.5. The summed E-state index contributed by atoms with van der Waals surface area (Å²) in [4.78, 5) is 24.3. The lowest BCUT2D eigenvalue weighted by molar-refractivity contribution is -0.122. The molecule has 0 atom stereocenters. The van der Waals surface area contributed by atoms with Gasteiger partial charge in [0, 0.05) is 30.4 Å². The van der Waals surface area contributed by atoms with Gasteiger partial charge in [-0.15, -0.1) is 0 Å². The van der Waals surface area contributed by atoms with Crippen LogP contribution < -0.4 is 24.3 Å². The molecule has 0 aromatic heterocycles. The van der Waals surface area contributed by atoms with Gasteiger partial charge in [-0.1, -0.05) is 13.0 Å². The number of benzene rings is 2. The average Bonchev–Trinajstić information content (AvgIpc) is 3.36. The van der Waals surface area contributed by atoms with Crippen molar-refractivity contribution in [2.45, 2.75) is 32.6 Å². The third-order valence-electron chi connectivity index (χ3n) is 5.61. The van der Waals surface area contributed by atoms with Crippen LogP contribution in [-0.2, 0) is 9.59 Å². The third-order valence-corrected chi connectivity index (χ3v) is 5.61. The first kappa shape index (κ1) is 25.7. The summed E-state index contributed by atoms with van der Waals surface area (Å²) in [6, 6.07) is 9.14. The molecule has 9 nitrogen and oxygen atoms in total. The van der Waals surface area contributed by atoms with Crippen LogP contribution in [0.3, 0.4) is 0 Å². The largest absolute Gasteiger partial charge is 0.495 e. The summed E-state index contributed by atoms with van der Waals surface area (Å²) in [5.41, 5.74) is 3.64. The summed E-state index contributed by atoms with van der Waals surface area (Å²) < 4.78 is 21.8. The van der Waals surface area contributed by atoms with E-state index in [1.807, 2.05) is 31.2 Å². The fourth-order valence-electron chi connectivity index (χ4n) is 3.85. The van der Waals surface area contributed by atoms with Crippen LogP contribution in [0.15, 0.2) is 40.6 Å². The van der Waals surface area contributed by atoms with E-state index in [-0.39, 0.29) is 24.5 Å². The van der Waals surface area contributed by atoms with Crippen LogP contribution in [0.4, 0.5) is 5.69 Å². The Morgan fingerprint density at radius 3 is 2.14 bits per heavy atom. The molecule has 1 aliphatic heterocycles. The Morgan fingerprint density at radius 2 is 1.54 bits per heavy atom. The van der Waals surface area contributed by atoms with Crippen LogP contribution >= 0.6 is 0 Å². The van der Waals surface area contributed by atoms with E-state index in [0.29, 0.717) is 47.3 Å². The Morgan fingerprint density at radius 1 is 0.857 bits per heavy atom. The molecule has 186 valence electrons. The van der Waals surface area contributed by atoms with Gasteiger partial charge >= 0.3 is 0 Å². The zero-order chi connectivity index (χ0) is 25.4. The average molecular weight is 482 g/mol. The zero-order valence-electron chi connectivity index (χ0n) is 20.8. The number of amides is 1. The number of hydrogen-bond acceptors (Lipinski definition) is 8. The van der Waals surface area contributed by atoms with Crippen molar-refractivity contribution >= 4 is 28.6 Å². The molecule has 0 aliphatic carbocycles. The molecule has 1 heterocycles. The standard InChI is InChI=1S/C26H31N3O6/c1-6-7-18(30)9-11-24(31)28-20-12-16(8-10-21(20)32-2)19-15-27-29-25(19)17-13-22(33-3)26(35-5)23(14-17)34-4/h8,10,12-14H,6-7,9,11,15H2,1-5H3,(H,28,31). The van der Waals surface area contributed by atoms with Crippen LogP contribution in [0.5, 0.6) is 23.0 Å². The highest BCUT2D eigenvalue weighted by molar-refractivity contribution is 5.97. The topological polar surface area (TPSA) is 108 Å². The SMILES string of the molecule is CCCC(=O)CCC(=O)Nc1cc(C2=C(c3cc(OC)c(OC)c(OC)c3)N=NC2)ccc1OC. The molecule has 35 heavy (non-hydrogen) atoms. The van der Waals surface area contributed by atoms with Crippen molar-refractivity contribution in [3.8, 4) is 23.0 Å². The molecule has 2 aromatic rings. The highest BCUT2D eigenvalue weighted by atomic mass is 16.5. The van der Waals surface area contributed by atoms with Crippen molar-refractivity contribution in [1.29, 1.82) is 0 Å². The molecule has 0 unspecified atom stereocenters. The first-order chi connectivity index (χ1) is 16.9. The minimum atomic E-state index is -0.246. The van der Waals surface area contributed by atoms with Crippen LogP contribution in [-0.4, -0.2) is 46.7 Å². The summed E-state index contributed by atoms with van der Waals surface area (Å²) in [5.74, 6) is 1.86. The Bertz CT molecular complexity index is 1130. The molecule has 0 saturated carbocycles. The van der Waals surface area contributed by atoms with Gasteiger partial charge in [-0.05, 0) is 36.2 Å². The number of methoxy groups -OCH3 is 4. The Labute approximate surface area is 205 Å². The number of ketones is 1. The summed E-state index contributed by atoms with van der Waals surface area (Å²) in [7, 11) is 6.20. The normalized spacial score (nSPS) is 12.5. The Hall–Kier alpha value is -3.88. The van der Waals surface area contributed by atoms with E-state index in [9.17, 15) is 9.59 Å². The fourth-order valence-corrected chi connectivity index (χ4v) is 3.85. The maximum atomic E-state index is 12.5. The second-order valence-corrected chi connectivity index (χ2v) is 7.89. The molecule has 0 bridgehead atoms. The smallest absolute Gasteiger partial charge is 0.224 e. The van der Waals surface area contributed by atoms with E-state index in [0.717, 1.165) is 23.1 Å². The Balaban J connectivity index is 1.94. The van der Waals surface area contributed by atoms with Gasteiger partial charge in [0.1, 0.15) is 11.5 Å². The van der Waals surface area contributed by atoms with Gasteiger partial charge in [-0.3, -0.25) is 9.59 Å². The number of ether oxygens (including phenoxy) is 4. The number of rotatable bonds is 12. The van der Waals surface area contributed by atoms with Crippen LogP contribution in [0.2, 0.25) is 0 Å². The van der Waals surface area contributed by atoms with E-state index in [4.69, 9.17) is 18.9 Å². The molecule has 1 aliphatic rings. The van der Waals surface area contributed by atoms with Gasteiger partial charge in [0.2, 0.25) is 11.7 Å². The second kappa shape index (κ2) is 12.0. The number of azo groups is 1.